The number of benzene rings is 1. The standard InChI is InChI=1S/C26H25F6N5O/c1-16-11-21(27)22(34-17(2)36-5-3-19(15-36)25(28,29)26(30,31)32)13-20(16)18-12-23(35-7-9-38-10-8-35)24-33-4-6-37(24)14-18/h3-4,6,11-14,34H,2,5,7-10,15H2,1H3. The molecule has 4 heterocycles. The Hall–Kier alpha value is -3.67. The summed E-state index contributed by atoms with van der Waals surface area (Å²) in [5.41, 5.74) is 2.78. The van der Waals surface area contributed by atoms with E-state index in [1.165, 1.54) is 11.0 Å². The fraction of sp³-hybridized carbons (Fsp3) is 0.346. The van der Waals surface area contributed by atoms with Gasteiger partial charge in [-0.1, -0.05) is 12.7 Å². The number of aromatic nitrogens is 2. The molecule has 0 atom stereocenters. The van der Waals surface area contributed by atoms with Crippen LogP contribution in [0.1, 0.15) is 5.56 Å². The van der Waals surface area contributed by atoms with Gasteiger partial charge < -0.3 is 24.3 Å². The molecule has 1 saturated heterocycles. The molecule has 0 amide bonds. The average molecular weight is 538 g/mol. The zero-order valence-electron chi connectivity index (χ0n) is 20.5. The van der Waals surface area contributed by atoms with Gasteiger partial charge in [0.25, 0.3) is 0 Å². The molecule has 0 spiro atoms. The van der Waals surface area contributed by atoms with Crippen molar-refractivity contribution in [1.82, 2.24) is 14.3 Å². The topological polar surface area (TPSA) is 45.0 Å². The van der Waals surface area contributed by atoms with Crippen molar-refractivity contribution in [1.29, 1.82) is 0 Å². The van der Waals surface area contributed by atoms with E-state index in [4.69, 9.17) is 4.74 Å². The van der Waals surface area contributed by atoms with Crippen molar-refractivity contribution in [2.45, 2.75) is 19.0 Å². The Morgan fingerprint density at radius 1 is 1.11 bits per heavy atom. The van der Waals surface area contributed by atoms with Crippen molar-refractivity contribution in [3.8, 4) is 11.1 Å². The summed E-state index contributed by atoms with van der Waals surface area (Å²) in [4.78, 5) is 7.83. The van der Waals surface area contributed by atoms with Gasteiger partial charge in [0, 0.05) is 55.9 Å². The van der Waals surface area contributed by atoms with Gasteiger partial charge in [0.1, 0.15) is 5.82 Å². The molecule has 0 saturated carbocycles. The Morgan fingerprint density at radius 3 is 2.55 bits per heavy atom. The first-order chi connectivity index (χ1) is 18.0. The second-order valence-corrected chi connectivity index (χ2v) is 9.27. The third kappa shape index (κ3) is 4.68. The van der Waals surface area contributed by atoms with E-state index in [0.29, 0.717) is 37.4 Å². The number of ether oxygens (including phenoxy) is 1. The highest BCUT2D eigenvalue weighted by molar-refractivity contribution is 5.80. The van der Waals surface area contributed by atoms with Gasteiger partial charge >= 0.3 is 12.1 Å². The van der Waals surface area contributed by atoms with Crippen LogP contribution in [-0.4, -0.2) is 65.8 Å². The van der Waals surface area contributed by atoms with Crippen LogP contribution in [0.4, 0.5) is 37.7 Å². The fourth-order valence-corrected chi connectivity index (χ4v) is 4.68. The number of imidazole rings is 1. The average Bonchev–Trinajstić information content (AvgIpc) is 3.55. The Labute approximate surface area is 214 Å². The molecule has 6 nitrogen and oxygen atoms in total. The van der Waals surface area contributed by atoms with E-state index in [-0.39, 0.29) is 18.1 Å². The van der Waals surface area contributed by atoms with Crippen molar-refractivity contribution < 1.29 is 31.1 Å². The second-order valence-electron chi connectivity index (χ2n) is 9.27. The molecule has 2 aromatic heterocycles. The Kier molecular flexibility index (Phi) is 6.54. The number of fused-ring (bicyclic) bond motifs is 1. The molecule has 1 N–H and O–H groups in total. The van der Waals surface area contributed by atoms with Crippen molar-refractivity contribution in [3.05, 3.63) is 72.2 Å². The minimum Gasteiger partial charge on any atom is -0.378 e. The van der Waals surface area contributed by atoms with Crippen LogP contribution in [0.2, 0.25) is 0 Å². The number of morpholine rings is 1. The SMILES string of the molecule is C=C(Nc1cc(-c2cc(N3CCOCC3)c3nccn3c2)c(C)cc1F)N1CC=C(C(F)(F)C(F)(F)F)C1. The zero-order chi connectivity index (χ0) is 27.2. The van der Waals surface area contributed by atoms with Gasteiger partial charge in [0.05, 0.1) is 30.4 Å². The van der Waals surface area contributed by atoms with Crippen molar-refractivity contribution >= 4 is 17.0 Å². The lowest BCUT2D eigenvalue weighted by Gasteiger charge is -2.29. The summed E-state index contributed by atoms with van der Waals surface area (Å²) in [7, 11) is 0. The van der Waals surface area contributed by atoms with Crippen molar-refractivity contribution in [2.75, 3.05) is 49.6 Å². The maximum absolute atomic E-state index is 14.9. The summed E-state index contributed by atoms with van der Waals surface area (Å²) in [5.74, 6) is -5.56. The van der Waals surface area contributed by atoms with Crippen LogP contribution < -0.4 is 10.2 Å². The number of nitrogens with zero attached hydrogens (tertiary/aromatic N) is 4. The van der Waals surface area contributed by atoms with Gasteiger partial charge in [-0.3, -0.25) is 0 Å². The second kappa shape index (κ2) is 9.57. The van der Waals surface area contributed by atoms with Crippen LogP contribution >= 0.6 is 0 Å². The van der Waals surface area contributed by atoms with Crippen LogP contribution in [-0.2, 0) is 4.74 Å². The molecule has 1 fully saturated rings. The molecular weight excluding hydrogens is 512 g/mol. The van der Waals surface area contributed by atoms with Gasteiger partial charge in [0.15, 0.2) is 5.65 Å². The minimum absolute atomic E-state index is 0.00185. The van der Waals surface area contributed by atoms with E-state index in [9.17, 15) is 26.3 Å². The smallest absolute Gasteiger partial charge is 0.378 e. The zero-order valence-corrected chi connectivity index (χ0v) is 20.5. The van der Waals surface area contributed by atoms with Crippen molar-refractivity contribution in [3.63, 3.8) is 0 Å². The van der Waals surface area contributed by atoms with E-state index >= 15 is 0 Å². The molecule has 5 rings (SSSR count). The molecule has 0 radical (unpaired) electrons. The van der Waals surface area contributed by atoms with E-state index in [1.807, 2.05) is 22.9 Å². The summed E-state index contributed by atoms with van der Waals surface area (Å²) in [6.07, 6.45) is 0.513. The first-order valence-corrected chi connectivity index (χ1v) is 11.9. The number of hydrogen-bond donors (Lipinski definition) is 1. The highest BCUT2D eigenvalue weighted by Gasteiger charge is 2.60. The monoisotopic (exact) mass is 537 g/mol. The highest BCUT2D eigenvalue weighted by atomic mass is 19.4. The van der Waals surface area contributed by atoms with Gasteiger partial charge in [0.2, 0.25) is 0 Å². The van der Waals surface area contributed by atoms with E-state index < -0.39 is 30.0 Å². The molecule has 38 heavy (non-hydrogen) atoms. The first kappa shape index (κ1) is 26.0. The summed E-state index contributed by atoms with van der Waals surface area (Å²) in [5, 5.41) is 2.76. The van der Waals surface area contributed by atoms with Gasteiger partial charge in [-0.05, 0) is 36.2 Å². The van der Waals surface area contributed by atoms with Gasteiger partial charge in [-0.15, -0.1) is 0 Å². The molecule has 1 aromatic carbocycles. The van der Waals surface area contributed by atoms with Crippen LogP contribution in [0, 0.1) is 12.7 Å². The van der Waals surface area contributed by atoms with Crippen molar-refractivity contribution in [2.24, 2.45) is 0 Å². The summed E-state index contributed by atoms with van der Waals surface area (Å²) >= 11 is 0. The molecule has 3 aromatic rings. The molecule has 0 unspecified atom stereocenters. The Balaban J connectivity index is 1.41. The number of anilines is 2. The molecule has 12 heteroatoms. The molecule has 202 valence electrons. The quantitative estimate of drug-likeness (QED) is 0.327. The summed E-state index contributed by atoms with van der Waals surface area (Å²) in [6.45, 7) is 7.18. The van der Waals surface area contributed by atoms with E-state index in [2.05, 4.69) is 21.8 Å². The third-order valence-electron chi connectivity index (χ3n) is 6.78. The van der Waals surface area contributed by atoms with Gasteiger partial charge in [-0.25, -0.2) is 9.37 Å². The largest absolute Gasteiger partial charge is 0.457 e. The number of aryl methyl sites for hydroxylation is 1. The van der Waals surface area contributed by atoms with Gasteiger partial charge in [-0.2, -0.15) is 22.0 Å². The highest BCUT2D eigenvalue weighted by Crippen LogP contribution is 2.43. The molecule has 0 bridgehead atoms. The summed E-state index contributed by atoms with van der Waals surface area (Å²) < 4.78 is 88.1. The Morgan fingerprint density at radius 2 is 1.84 bits per heavy atom. The molecule has 0 aliphatic carbocycles. The third-order valence-corrected chi connectivity index (χ3v) is 6.78. The number of hydrogen-bond acceptors (Lipinski definition) is 5. The first-order valence-electron chi connectivity index (χ1n) is 11.9. The lowest BCUT2D eigenvalue weighted by atomic mass is 10.00. The Bertz CT molecular complexity index is 1410. The maximum Gasteiger partial charge on any atom is 0.457 e. The predicted octanol–water partition coefficient (Wildman–Crippen LogP) is 5.61. The molecule has 2 aliphatic rings. The predicted molar refractivity (Wildman–Crippen MR) is 132 cm³/mol. The number of rotatable bonds is 6. The van der Waals surface area contributed by atoms with Crippen LogP contribution in [0.5, 0.6) is 0 Å². The number of alkyl halides is 5. The maximum atomic E-state index is 14.9. The van der Waals surface area contributed by atoms with Crippen LogP contribution in [0.15, 0.2) is 60.8 Å². The van der Waals surface area contributed by atoms with E-state index in [1.54, 1.807) is 19.2 Å². The minimum atomic E-state index is -5.70. The number of halogens is 6. The number of nitrogens with one attached hydrogen (secondary N) is 1. The lowest BCUT2D eigenvalue weighted by molar-refractivity contribution is -0.264. The molecular formula is C26H25F6N5O. The van der Waals surface area contributed by atoms with Crippen LogP contribution in [0.25, 0.3) is 16.8 Å². The van der Waals surface area contributed by atoms with Crippen LogP contribution in [0.3, 0.4) is 0 Å². The molecule has 2 aliphatic heterocycles. The number of pyridine rings is 1. The lowest BCUT2D eigenvalue weighted by Crippen LogP contribution is -2.40. The summed E-state index contributed by atoms with van der Waals surface area (Å²) in [6, 6.07) is 4.89. The normalized spacial score (nSPS) is 16.8. The van der Waals surface area contributed by atoms with E-state index in [0.717, 1.165) is 23.0 Å². The fourth-order valence-electron chi connectivity index (χ4n) is 4.68.